The van der Waals surface area contributed by atoms with Gasteiger partial charge in [-0.25, -0.2) is 13.4 Å². The number of nitrogens with one attached hydrogen (secondary N) is 1. The van der Waals surface area contributed by atoms with Crippen LogP contribution in [0.2, 0.25) is 0 Å². The van der Waals surface area contributed by atoms with E-state index in [9.17, 15) is 13.2 Å². The molecule has 0 aliphatic carbocycles. The van der Waals surface area contributed by atoms with Gasteiger partial charge in [0.05, 0.1) is 29.1 Å². The molecule has 5 rings (SSSR count). The number of aromatic nitrogens is 2. The molecule has 3 aromatic rings. The Morgan fingerprint density at radius 3 is 2.67 bits per heavy atom. The summed E-state index contributed by atoms with van der Waals surface area (Å²) < 4.78 is 35.2. The number of amides is 1. The summed E-state index contributed by atoms with van der Waals surface area (Å²) in [7, 11) is -3.69. The largest absolute Gasteiger partial charge is 0.379 e. The van der Waals surface area contributed by atoms with Crippen molar-refractivity contribution in [3.8, 4) is 0 Å². The Kier molecular flexibility index (Phi) is 5.94. The molecule has 2 aliphatic rings. The van der Waals surface area contributed by atoms with Gasteiger partial charge in [-0.3, -0.25) is 4.79 Å². The highest BCUT2D eigenvalue weighted by molar-refractivity contribution is 7.89. The van der Waals surface area contributed by atoms with Gasteiger partial charge in [0.15, 0.2) is 0 Å². The van der Waals surface area contributed by atoms with Crippen LogP contribution in [0.4, 0.5) is 5.69 Å². The molecule has 0 spiro atoms. The van der Waals surface area contributed by atoms with Gasteiger partial charge in [-0.05, 0) is 55.7 Å². The van der Waals surface area contributed by atoms with Crippen LogP contribution in [0.25, 0.3) is 11.0 Å². The molecule has 8 nitrogen and oxygen atoms in total. The number of nitrogens with zero attached hydrogens (tertiary/aromatic N) is 3. The van der Waals surface area contributed by atoms with E-state index in [1.165, 1.54) is 16.8 Å². The number of fused-ring (bicyclic) bond motifs is 3. The zero-order chi connectivity index (χ0) is 23.0. The average molecular weight is 469 g/mol. The third kappa shape index (κ3) is 4.28. The van der Waals surface area contributed by atoms with Gasteiger partial charge in [-0.1, -0.05) is 12.5 Å². The Labute approximate surface area is 193 Å². The summed E-state index contributed by atoms with van der Waals surface area (Å²) in [6.07, 6.45) is 4.50. The lowest BCUT2D eigenvalue weighted by Crippen LogP contribution is -2.40. The second-order valence-electron chi connectivity index (χ2n) is 8.64. The maximum Gasteiger partial charge on any atom is 0.255 e. The van der Waals surface area contributed by atoms with Gasteiger partial charge in [-0.15, -0.1) is 0 Å². The highest BCUT2D eigenvalue weighted by atomic mass is 32.2. The number of hydrogen-bond donors (Lipinski definition) is 1. The Morgan fingerprint density at radius 2 is 1.85 bits per heavy atom. The van der Waals surface area contributed by atoms with Crippen molar-refractivity contribution in [1.82, 2.24) is 13.9 Å². The third-order valence-corrected chi connectivity index (χ3v) is 8.45. The Bertz CT molecular complexity index is 1310. The van der Waals surface area contributed by atoms with E-state index in [-0.39, 0.29) is 10.8 Å². The lowest BCUT2D eigenvalue weighted by Gasteiger charge is -2.26. The van der Waals surface area contributed by atoms with Gasteiger partial charge < -0.3 is 14.6 Å². The minimum Gasteiger partial charge on any atom is -0.379 e. The van der Waals surface area contributed by atoms with Crippen LogP contribution in [0, 0.1) is 6.92 Å². The van der Waals surface area contributed by atoms with E-state index >= 15 is 0 Å². The fourth-order valence-corrected chi connectivity index (χ4v) is 6.23. The molecule has 0 saturated carbocycles. The molecule has 0 bridgehead atoms. The molecular formula is C24H28N4O4S. The van der Waals surface area contributed by atoms with Crippen LogP contribution >= 0.6 is 0 Å². The van der Waals surface area contributed by atoms with Crippen molar-refractivity contribution in [3.05, 3.63) is 53.3 Å². The smallest absolute Gasteiger partial charge is 0.255 e. The van der Waals surface area contributed by atoms with Crippen molar-refractivity contribution < 1.29 is 17.9 Å². The van der Waals surface area contributed by atoms with Crippen molar-refractivity contribution in [2.45, 2.75) is 44.0 Å². The normalized spacial score (nSPS) is 17.5. The molecule has 1 amide bonds. The van der Waals surface area contributed by atoms with Gasteiger partial charge in [0, 0.05) is 37.3 Å². The van der Waals surface area contributed by atoms with Crippen LogP contribution in [-0.2, 0) is 27.7 Å². The number of morpholine rings is 1. The molecule has 0 radical (unpaired) electrons. The fraction of sp³-hybridized carbons (Fsp3) is 0.417. The first-order valence-electron chi connectivity index (χ1n) is 11.4. The van der Waals surface area contributed by atoms with Crippen LogP contribution in [-0.4, -0.2) is 54.5 Å². The number of carbonyl (C=O) groups is 1. The average Bonchev–Trinajstić information content (AvgIpc) is 2.99. The van der Waals surface area contributed by atoms with Crippen LogP contribution in [0.5, 0.6) is 0 Å². The van der Waals surface area contributed by atoms with E-state index in [0.29, 0.717) is 43.1 Å². The number of imidazole rings is 1. The monoisotopic (exact) mass is 468 g/mol. The van der Waals surface area contributed by atoms with Crippen molar-refractivity contribution in [2.24, 2.45) is 0 Å². The maximum atomic E-state index is 13.1. The van der Waals surface area contributed by atoms with E-state index in [1.807, 2.05) is 18.2 Å². The van der Waals surface area contributed by atoms with Gasteiger partial charge in [-0.2, -0.15) is 4.31 Å². The zero-order valence-electron chi connectivity index (χ0n) is 18.7. The summed E-state index contributed by atoms with van der Waals surface area (Å²) in [4.78, 5) is 17.9. The number of sulfonamides is 1. The summed E-state index contributed by atoms with van der Waals surface area (Å²) in [5, 5.41) is 2.90. The van der Waals surface area contributed by atoms with Crippen molar-refractivity contribution in [3.63, 3.8) is 0 Å². The molecule has 1 aromatic heterocycles. The highest BCUT2D eigenvalue weighted by Crippen LogP contribution is 2.26. The Hall–Kier alpha value is -2.75. The van der Waals surface area contributed by atoms with Crippen molar-refractivity contribution in [2.75, 3.05) is 31.6 Å². The van der Waals surface area contributed by atoms with E-state index < -0.39 is 10.0 Å². The van der Waals surface area contributed by atoms with Gasteiger partial charge >= 0.3 is 0 Å². The molecule has 9 heteroatoms. The van der Waals surface area contributed by atoms with Gasteiger partial charge in [0.25, 0.3) is 5.91 Å². The van der Waals surface area contributed by atoms with Crippen molar-refractivity contribution in [1.29, 1.82) is 0 Å². The summed E-state index contributed by atoms with van der Waals surface area (Å²) in [5.74, 6) is 0.746. The second kappa shape index (κ2) is 8.89. The number of rotatable bonds is 4. The van der Waals surface area contributed by atoms with E-state index in [0.717, 1.165) is 42.7 Å². The van der Waals surface area contributed by atoms with Gasteiger partial charge in [0.2, 0.25) is 10.0 Å². The second-order valence-corrected chi connectivity index (χ2v) is 10.6. The third-order valence-electron chi connectivity index (χ3n) is 6.41. The van der Waals surface area contributed by atoms with Crippen LogP contribution in [0.1, 0.15) is 41.0 Å². The summed E-state index contributed by atoms with van der Waals surface area (Å²) in [6.45, 7) is 4.09. The minimum absolute atomic E-state index is 0.158. The Balaban J connectivity index is 1.40. The van der Waals surface area contributed by atoms with Gasteiger partial charge in [0.1, 0.15) is 5.82 Å². The predicted octanol–water partition coefficient (Wildman–Crippen LogP) is 3.34. The van der Waals surface area contributed by atoms with Crippen LogP contribution in [0.3, 0.4) is 0 Å². The Morgan fingerprint density at radius 1 is 1.03 bits per heavy atom. The number of anilines is 1. The topological polar surface area (TPSA) is 93.5 Å². The molecule has 2 aromatic carbocycles. The number of aryl methyl sites for hydroxylation is 3. The van der Waals surface area contributed by atoms with Crippen LogP contribution in [0.15, 0.2) is 41.3 Å². The first-order chi connectivity index (χ1) is 15.9. The summed E-state index contributed by atoms with van der Waals surface area (Å²) in [6, 6.07) is 10.6. The number of benzene rings is 2. The number of ether oxygens (including phenoxy) is 1. The first kappa shape index (κ1) is 22.1. The lowest BCUT2D eigenvalue weighted by molar-refractivity contribution is 0.0730. The molecule has 3 heterocycles. The van der Waals surface area contributed by atoms with E-state index in [2.05, 4.69) is 9.88 Å². The molecule has 1 saturated heterocycles. The van der Waals surface area contributed by atoms with E-state index in [4.69, 9.17) is 9.72 Å². The highest BCUT2D eigenvalue weighted by Gasteiger charge is 2.28. The molecule has 1 fully saturated rings. The zero-order valence-corrected chi connectivity index (χ0v) is 19.5. The maximum absolute atomic E-state index is 13.1. The minimum atomic E-state index is -3.69. The fourth-order valence-electron chi connectivity index (χ4n) is 4.58. The number of carbonyl (C=O) groups excluding carboxylic acids is 1. The van der Waals surface area contributed by atoms with E-state index in [1.54, 1.807) is 19.1 Å². The SMILES string of the molecule is Cc1ccc(C(=O)Nc2ccc3c(c2)nc2n3CCCCC2)cc1S(=O)(=O)N1CCOCC1. The molecular weight excluding hydrogens is 440 g/mol. The molecule has 0 unspecified atom stereocenters. The molecule has 0 atom stereocenters. The quantitative estimate of drug-likeness (QED) is 0.634. The van der Waals surface area contributed by atoms with Crippen LogP contribution < -0.4 is 5.32 Å². The molecule has 174 valence electrons. The molecule has 33 heavy (non-hydrogen) atoms. The molecule has 2 aliphatic heterocycles. The summed E-state index contributed by atoms with van der Waals surface area (Å²) in [5.41, 5.74) is 3.49. The molecule has 1 N–H and O–H groups in total. The van der Waals surface area contributed by atoms with Crippen molar-refractivity contribution >= 4 is 32.7 Å². The lowest BCUT2D eigenvalue weighted by atomic mass is 10.1. The number of hydrogen-bond acceptors (Lipinski definition) is 5. The first-order valence-corrected chi connectivity index (χ1v) is 12.9. The standard InChI is InChI=1S/C24H28N4O4S/c1-17-6-7-18(15-22(17)33(30,31)27-11-13-32-14-12-27)24(29)25-19-8-9-21-20(16-19)26-23-5-3-2-4-10-28(21)23/h6-9,15-16H,2-5,10-14H2,1H3,(H,25,29). The predicted molar refractivity (Wildman–Crippen MR) is 126 cm³/mol. The summed E-state index contributed by atoms with van der Waals surface area (Å²) >= 11 is 0.